The summed E-state index contributed by atoms with van der Waals surface area (Å²) in [6.07, 6.45) is 5.53. The normalized spacial score (nSPS) is 28.1. The van der Waals surface area contributed by atoms with Crippen LogP contribution in [0.15, 0.2) is 24.3 Å². The van der Waals surface area contributed by atoms with Crippen LogP contribution in [0.4, 0.5) is 8.78 Å². The molecule has 0 radical (unpaired) electrons. The Hall–Kier alpha value is -1.45. The van der Waals surface area contributed by atoms with Gasteiger partial charge in [0.2, 0.25) is 0 Å². The average molecular weight is 280 g/mol. The summed E-state index contributed by atoms with van der Waals surface area (Å²) in [7, 11) is 0. The van der Waals surface area contributed by atoms with Crippen molar-refractivity contribution in [2.24, 2.45) is 17.8 Å². The van der Waals surface area contributed by atoms with Gasteiger partial charge in [-0.2, -0.15) is 8.78 Å². The van der Waals surface area contributed by atoms with E-state index < -0.39 is 6.61 Å². The minimum absolute atomic E-state index is 0.0438. The second-order valence-corrected chi connectivity index (χ2v) is 5.97. The van der Waals surface area contributed by atoms with Crippen molar-refractivity contribution in [2.45, 2.75) is 38.7 Å². The maximum Gasteiger partial charge on any atom is 0.387 e. The minimum Gasteiger partial charge on any atom is -0.435 e. The first-order valence-corrected chi connectivity index (χ1v) is 7.20. The summed E-state index contributed by atoms with van der Waals surface area (Å²) in [6, 6.07) is 6.13. The molecule has 1 aromatic rings. The van der Waals surface area contributed by atoms with Crippen LogP contribution in [0, 0.1) is 17.8 Å². The Kier molecular flexibility index (Phi) is 3.72. The Morgan fingerprint density at radius 2 is 2.15 bits per heavy atom. The van der Waals surface area contributed by atoms with E-state index in [0.717, 1.165) is 12.3 Å². The molecule has 2 nitrogen and oxygen atoms in total. The molecule has 2 aliphatic carbocycles. The Labute approximate surface area is 117 Å². The standard InChI is InChI=1S/C16H18F2O2/c17-16(18)20-14-3-1-2-12(8-14)15(19)9-13-7-10-4-5-11(13)6-10/h1-3,8,10-11,13,16H,4-7,9H2. The molecule has 3 unspecified atom stereocenters. The van der Waals surface area contributed by atoms with Crippen LogP contribution in [0.3, 0.4) is 0 Å². The van der Waals surface area contributed by atoms with Crippen LogP contribution in [0.2, 0.25) is 0 Å². The average Bonchev–Trinajstić information content (AvgIpc) is 3.00. The third-order valence-corrected chi connectivity index (χ3v) is 4.71. The molecule has 0 saturated heterocycles. The number of ketones is 1. The van der Waals surface area contributed by atoms with Crippen molar-refractivity contribution in [3.05, 3.63) is 29.8 Å². The van der Waals surface area contributed by atoms with E-state index >= 15 is 0 Å². The lowest BCUT2D eigenvalue weighted by Gasteiger charge is -2.20. The Morgan fingerprint density at radius 1 is 1.30 bits per heavy atom. The number of benzene rings is 1. The topological polar surface area (TPSA) is 26.3 Å². The number of carbonyl (C=O) groups is 1. The van der Waals surface area contributed by atoms with E-state index in [9.17, 15) is 13.6 Å². The molecular formula is C16H18F2O2. The first-order valence-electron chi connectivity index (χ1n) is 7.20. The van der Waals surface area contributed by atoms with Gasteiger partial charge in [-0.3, -0.25) is 4.79 Å². The first-order chi connectivity index (χ1) is 9.61. The lowest BCUT2D eigenvalue weighted by atomic mass is 9.84. The quantitative estimate of drug-likeness (QED) is 0.752. The van der Waals surface area contributed by atoms with E-state index in [1.54, 1.807) is 12.1 Å². The lowest BCUT2D eigenvalue weighted by Crippen LogP contribution is -2.15. The third-order valence-electron chi connectivity index (χ3n) is 4.71. The highest BCUT2D eigenvalue weighted by Crippen LogP contribution is 2.49. The molecule has 0 heterocycles. The van der Waals surface area contributed by atoms with Gasteiger partial charge in [-0.15, -0.1) is 0 Å². The lowest BCUT2D eigenvalue weighted by molar-refractivity contribution is -0.0498. The first kappa shape index (κ1) is 13.5. The second-order valence-electron chi connectivity index (χ2n) is 5.97. The summed E-state index contributed by atoms with van der Waals surface area (Å²) in [5.74, 6) is 2.10. The van der Waals surface area contributed by atoms with Gasteiger partial charge in [0.15, 0.2) is 5.78 Å². The van der Waals surface area contributed by atoms with E-state index in [1.807, 2.05) is 0 Å². The van der Waals surface area contributed by atoms with E-state index in [4.69, 9.17) is 0 Å². The van der Waals surface area contributed by atoms with Gasteiger partial charge in [0.05, 0.1) is 0 Å². The highest BCUT2D eigenvalue weighted by molar-refractivity contribution is 5.96. The van der Waals surface area contributed by atoms with Gasteiger partial charge in [-0.05, 0) is 49.1 Å². The predicted molar refractivity (Wildman–Crippen MR) is 71.0 cm³/mol. The zero-order valence-electron chi connectivity index (χ0n) is 11.2. The minimum atomic E-state index is -2.86. The van der Waals surface area contributed by atoms with Gasteiger partial charge in [-0.1, -0.05) is 18.6 Å². The Morgan fingerprint density at radius 3 is 2.80 bits per heavy atom. The van der Waals surface area contributed by atoms with Crippen molar-refractivity contribution in [1.29, 1.82) is 0 Å². The predicted octanol–water partition coefficient (Wildman–Crippen LogP) is 4.30. The summed E-state index contributed by atoms with van der Waals surface area (Å²) in [4.78, 5) is 12.3. The van der Waals surface area contributed by atoms with Crippen LogP contribution in [-0.2, 0) is 0 Å². The smallest absolute Gasteiger partial charge is 0.387 e. The maximum atomic E-state index is 12.3. The number of rotatable bonds is 5. The van der Waals surface area contributed by atoms with E-state index in [0.29, 0.717) is 23.8 Å². The van der Waals surface area contributed by atoms with E-state index in [-0.39, 0.29) is 11.5 Å². The highest BCUT2D eigenvalue weighted by Gasteiger charge is 2.40. The summed E-state index contributed by atoms with van der Waals surface area (Å²) in [5.41, 5.74) is 0.478. The molecule has 3 atom stereocenters. The van der Waals surface area contributed by atoms with Crippen molar-refractivity contribution < 1.29 is 18.3 Å². The molecule has 0 N–H and O–H groups in total. The molecule has 1 aromatic carbocycles. The van der Waals surface area contributed by atoms with Crippen molar-refractivity contribution in [3.8, 4) is 5.75 Å². The van der Waals surface area contributed by atoms with Crippen LogP contribution in [0.1, 0.15) is 42.5 Å². The fraction of sp³-hybridized carbons (Fsp3) is 0.562. The maximum absolute atomic E-state index is 12.3. The van der Waals surface area contributed by atoms with Crippen LogP contribution >= 0.6 is 0 Å². The molecule has 2 saturated carbocycles. The van der Waals surface area contributed by atoms with Gasteiger partial charge in [0, 0.05) is 12.0 Å². The van der Waals surface area contributed by atoms with Crippen molar-refractivity contribution in [3.63, 3.8) is 0 Å². The Bertz CT molecular complexity index is 501. The van der Waals surface area contributed by atoms with Gasteiger partial charge in [0.1, 0.15) is 5.75 Å². The molecule has 20 heavy (non-hydrogen) atoms. The summed E-state index contributed by atoms with van der Waals surface area (Å²) in [6.45, 7) is -2.86. The molecule has 2 fully saturated rings. The fourth-order valence-corrected chi connectivity index (χ4v) is 3.83. The number of Topliss-reactive ketones (excluding diaryl/α,β-unsaturated/α-hetero) is 1. The molecule has 108 valence electrons. The summed E-state index contributed by atoms with van der Waals surface area (Å²) in [5, 5.41) is 0. The molecular weight excluding hydrogens is 262 g/mol. The summed E-state index contributed by atoms with van der Waals surface area (Å²) < 4.78 is 28.7. The van der Waals surface area contributed by atoms with Crippen LogP contribution < -0.4 is 4.74 Å². The molecule has 2 bridgehead atoms. The SMILES string of the molecule is O=C(CC1CC2CCC1C2)c1cccc(OC(F)F)c1. The zero-order chi connectivity index (χ0) is 14.1. The van der Waals surface area contributed by atoms with Crippen molar-refractivity contribution in [2.75, 3.05) is 0 Å². The number of fused-ring (bicyclic) bond motifs is 2. The molecule has 4 heteroatoms. The number of hydrogen-bond donors (Lipinski definition) is 0. The van der Waals surface area contributed by atoms with E-state index in [1.165, 1.54) is 31.4 Å². The molecule has 2 aliphatic rings. The third kappa shape index (κ3) is 2.84. The molecule has 3 rings (SSSR count). The van der Waals surface area contributed by atoms with Crippen LogP contribution in [-0.4, -0.2) is 12.4 Å². The Balaban J connectivity index is 1.65. The number of ether oxygens (including phenoxy) is 1. The van der Waals surface area contributed by atoms with Crippen LogP contribution in [0.25, 0.3) is 0 Å². The molecule has 0 aliphatic heterocycles. The number of alkyl halides is 2. The van der Waals surface area contributed by atoms with Crippen LogP contribution in [0.5, 0.6) is 5.75 Å². The van der Waals surface area contributed by atoms with Gasteiger partial charge in [0.25, 0.3) is 0 Å². The fourth-order valence-electron chi connectivity index (χ4n) is 3.83. The summed E-state index contributed by atoms with van der Waals surface area (Å²) >= 11 is 0. The van der Waals surface area contributed by atoms with Gasteiger partial charge in [-0.25, -0.2) is 0 Å². The number of carbonyl (C=O) groups excluding carboxylic acids is 1. The van der Waals surface area contributed by atoms with Crippen molar-refractivity contribution >= 4 is 5.78 Å². The van der Waals surface area contributed by atoms with Gasteiger partial charge >= 0.3 is 6.61 Å². The van der Waals surface area contributed by atoms with Crippen molar-refractivity contribution in [1.82, 2.24) is 0 Å². The highest BCUT2D eigenvalue weighted by atomic mass is 19.3. The molecule has 0 aromatic heterocycles. The molecule has 0 amide bonds. The van der Waals surface area contributed by atoms with Gasteiger partial charge < -0.3 is 4.74 Å². The zero-order valence-corrected chi connectivity index (χ0v) is 11.2. The largest absolute Gasteiger partial charge is 0.435 e. The van der Waals surface area contributed by atoms with E-state index in [2.05, 4.69) is 4.74 Å². The number of hydrogen-bond acceptors (Lipinski definition) is 2. The monoisotopic (exact) mass is 280 g/mol. The molecule has 0 spiro atoms. The second kappa shape index (κ2) is 5.51. The number of halogens is 2.